The first-order valence-electron chi connectivity index (χ1n) is 7.81. The molecule has 1 aliphatic heterocycles. The van der Waals surface area contributed by atoms with Crippen molar-refractivity contribution in [2.75, 3.05) is 13.2 Å². The molecule has 0 aliphatic carbocycles. The molecule has 2 rings (SSSR count). The van der Waals surface area contributed by atoms with E-state index >= 15 is 0 Å². The van der Waals surface area contributed by atoms with E-state index in [0.29, 0.717) is 6.61 Å². The Bertz CT molecular complexity index is 540. The molecular formula is C19H26O2. The van der Waals surface area contributed by atoms with Gasteiger partial charge in [0.15, 0.2) is 6.29 Å². The van der Waals surface area contributed by atoms with Crippen LogP contribution in [0, 0.1) is 46.5 Å². The third-order valence-electron chi connectivity index (χ3n) is 4.69. The molecule has 0 aromatic heterocycles. The standard InChI is InChI=1S/C19H26O2/c1-13-14(2)16(4)18(17(5)15(13)3)9-8-12-21-19-10-6-7-11-20-19/h19H,6-7,10-12H2,1-5H3/t19-/m0/s1. The van der Waals surface area contributed by atoms with E-state index < -0.39 is 0 Å². The smallest absolute Gasteiger partial charge is 0.158 e. The molecule has 21 heavy (non-hydrogen) atoms. The molecule has 2 heteroatoms. The molecule has 2 nitrogen and oxygen atoms in total. The Hall–Kier alpha value is -1.30. The molecule has 0 N–H and O–H groups in total. The summed E-state index contributed by atoms with van der Waals surface area (Å²) >= 11 is 0. The fourth-order valence-electron chi connectivity index (χ4n) is 2.79. The van der Waals surface area contributed by atoms with Crippen molar-refractivity contribution in [1.29, 1.82) is 0 Å². The summed E-state index contributed by atoms with van der Waals surface area (Å²) in [5, 5.41) is 0. The lowest BCUT2D eigenvalue weighted by Crippen LogP contribution is -2.22. The molecule has 0 saturated carbocycles. The zero-order valence-electron chi connectivity index (χ0n) is 13.9. The Morgan fingerprint density at radius 1 is 0.952 bits per heavy atom. The molecule has 1 aromatic carbocycles. The molecular weight excluding hydrogens is 260 g/mol. The SMILES string of the molecule is Cc1c(C)c(C)c(C#CCO[C@H]2CCCCO2)c(C)c1C. The van der Waals surface area contributed by atoms with Crippen molar-refractivity contribution in [3.63, 3.8) is 0 Å². The summed E-state index contributed by atoms with van der Waals surface area (Å²) in [5.41, 5.74) is 7.80. The molecule has 1 aromatic rings. The van der Waals surface area contributed by atoms with Crippen LogP contribution in [0.25, 0.3) is 0 Å². The lowest BCUT2D eigenvalue weighted by Gasteiger charge is -2.21. The third-order valence-corrected chi connectivity index (χ3v) is 4.69. The average Bonchev–Trinajstić information content (AvgIpc) is 2.51. The van der Waals surface area contributed by atoms with E-state index in [2.05, 4.69) is 46.5 Å². The second-order valence-electron chi connectivity index (χ2n) is 5.91. The van der Waals surface area contributed by atoms with Crippen molar-refractivity contribution in [3.8, 4) is 11.8 Å². The summed E-state index contributed by atoms with van der Waals surface area (Å²) in [6.45, 7) is 12.1. The molecule has 0 radical (unpaired) electrons. The molecule has 0 bridgehead atoms. The van der Waals surface area contributed by atoms with Crippen LogP contribution in [0.4, 0.5) is 0 Å². The Morgan fingerprint density at radius 2 is 1.57 bits per heavy atom. The molecule has 0 amide bonds. The highest BCUT2D eigenvalue weighted by molar-refractivity contribution is 5.56. The first-order chi connectivity index (χ1) is 10.0. The second-order valence-corrected chi connectivity index (χ2v) is 5.91. The zero-order chi connectivity index (χ0) is 15.4. The summed E-state index contributed by atoms with van der Waals surface area (Å²) in [5.74, 6) is 6.45. The summed E-state index contributed by atoms with van der Waals surface area (Å²) in [6, 6.07) is 0. The molecule has 114 valence electrons. The second kappa shape index (κ2) is 7.11. The topological polar surface area (TPSA) is 18.5 Å². The van der Waals surface area contributed by atoms with Crippen LogP contribution in [0.5, 0.6) is 0 Å². The van der Waals surface area contributed by atoms with E-state index in [0.717, 1.165) is 25.0 Å². The van der Waals surface area contributed by atoms with E-state index in [1.54, 1.807) is 0 Å². The van der Waals surface area contributed by atoms with E-state index in [1.165, 1.54) is 34.2 Å². The summed E-state index contributed by atoms with van der Waals surface area (Å²) in [4.78, 5) is 0. The lowest BCUT2D eigenvalue weighted by atomic mass is 9.90. The van der Waals surface area contributed by atoms with Crippen molar-refractivity contribution in [2.24, 2.45) is 0 Å². The number of ether oxygens (including phenoxy) is 2. The average molecular weight is 286 g/mol. The lowest BCUT2D eigenvalue weighted by molar-refractivity contribution is -0.154. The summed E-state index contributed by atoms with van der Waals surface area (Å²) < 4.78 is 11.2. The maximum atomic E-state index is 5.67. The minimum Gasteiger partial charge on any atom is -0.353 e. The normalized spacial score (nSPS) is 18.2. The van der Waals surface area contributed by atoms with Gasteiger partial charge in [-0.3, -0.25) is 0 Å². The van der Waals surface area contributed by atoms with Gasteiger partial charge in [0.25, 0.3) is 0 Å². The van der Waals surface area contributed by atoms with Gasteiger partial charge in [-0.25, -0.2) is 0 Å². The fourth-order valence-corrected chi connectivity index (χ4v) is 2.79. The number of hydrogen-bond donors (Lipinski definition) is 0. The third kappa shape index (κ3) is 3.67. The Labute approximate surface area is 128 Å². The highest BCUT2D eigenvalue weighted by Crippen LogP contribution is 2.25. The number of rotatable bonds is 2. The quantitative estimate of drug-likeness (QED) is 0.761. The monoisotopic (exact) mass is 286 g/mol. The van der Waals surface area contributed by atoms with Gasteiger partial charge in [-0.2, -0.15) is 0 Å². The van der Waals surface area contributed by atoms with Crippen molar-refractivity contribution < 1.29 is 9.47 Å². The predicted octanol–water partition coefficient (Wildman–Crippen LogP) is 4.12. The largest absolute Gasteiger partial charge is 0.353 e. The highest BCUT2D eigenvalue weighted by atomic mass is 16.7. The fraction of sp³-hybridized carbons (Fsp3) is 0.579. The van der Waals surface area contributed by atoms with Gasteiger partial charge in [0.05, 0.1) is 0 Å². The van der Waals surface area contributed by atoms with Crippen LogP contribution in [-0.4, -0.2) is 19.5 Å². The summed E-state index contributed by atoms with van der Waals surface area (Å²) in [7, 11) is 0. The zero-order valence-corrected chi connectivity index (χ0v) is 13.9. The van der Waals surface area contributed by atoms with Crippen LogP contribution in [0.1, 0.15) is 52.6 Å². The van der Waals surface area contributed by atoms with E-state index in [-0.39, 0.29) is 6.29 Å². The van der Waals surface area contributed by atoms with Crippen molar-refractivity contribution in [3.05, 3.63) is 33.4 Å². The maximum Gasteiger partial charge on any atom is 0.158 e. The Morgan fingerprint density at radius 3 is 2.14 bits per heavy atom. The summed E-state index contributed by atoms with van der Waals surface area (Å²) in [6.07, 6.45) is 3.26. The van der Waals surface area contributed by atoms with Gasteiger partial charge in [0.2, 0.25) is 0 Å². The minimum absolute atomic E-state index is 0.0586. The van der Waals surface area contributed by atoms with Crippen LogP contribution < -0.4 is 0 Å². The van der Waals surface area contributed by atoms with Crippen LogP contribution in [0.2, 0.25) is 0 Å². The Kier molecular flexibility index (Phi) is 5.45. The van der Waals surface area contributed by atoms with E-state index in [1.807, 2.05) is 0 Å². The molecule has 0 spiro atoms. The van der Waals surface area contributed by atoms with Crippen LogP contribution in [0.15, 0.2) is 0 Å². The number of hydrogen-bond acceptors (Lipinski definition) is 2. The van der Waals surface area contributed by atoms with Gasteiger partial charge >= 0.3 is 0 Å². The molecule has 0 unspecified atom stereocenters. The van der Waals surface area contributed by atoms with Crippen LogP contribution in [0.3, 0.4) is 0 Å². The molecule has 1 saturated heterocycles. The maximum absolute atomic E-state index is 5.67. The van der Waals surface area contributed by atoms with Gasteiger partial charge < -0.3 is 9.47 Å². The van der Waals surface area contributed by atoms with Gasteiger partial charge in [0, 0.05) is 12.2 Å². The van der Waals surface area contributed by atoms with Gasteiger partial charge in [-0.05, 0) is 81.7 Å². The van der Waals surface area contributed by atoms with Gasteiger partial charge in [-0.15, -0.1) is 0 Å². The minimum atomic E-state index is -0.0586. The van der Waals surface area contributed by atoms with Gasteiger partial charge in [0.1, 0.15) is 6.61 Å². The first kappa shape index (κ1) is 16.1. The van der Waals surface area contributed by atoms with E-state index in [4.69, 9.17) is 9.47 Å². The predicted molar refractivity (Wildman–Crippen MR) is 86.5 cm³/mol. The molecule has 1 aliphatic rings. The molecule has 1 heterocycles. The number of benzene rings is 1. The van der Waals surface area contributed by atoms with Gasteiger partial charge in [-0.1, -0.05) is 11.8 Å². The first-order valence-corrected chi connectivity index (χ1v) is 7.81. The highest BCUT2D eigenvalue weighted by Gasteiger charge is 2.13. The van der Waals surface area contributed by atoms with Crippen molar-refractivity contribution in [1.82, 2.24) is 0 Å². The molecule has 1 fully saturated rings. The van der Waals surface area contributed by atoms with Crippen molar-refractivity contribution in [2.45, 2.75) is 60.2 Å². The van der Waals surface area contributed by atoms with E-state index in [9.17, 15) is 0 Å². The Balaban J connectivity index is 2.08. The molecule has 1 atom stereocenters. The van der Waals surface area contributed by atoms with Crippen LogP contribution in [-0.2, 0) is 9.47 Å². The van der Waals surface area contributed by atoms with Crippen LogP contribution >= 0.6 is 0 Å². The van der Waals surface area contributed by atoms with Crippen molar-refractivity contribution >= 4 is 0 Å².